The van der Waals surface area contributed by atoms with Crippen molar-refractivity contribution in [3.8, 4) is 0 Å². The third kappa shape index (κ3) is 6.29. The average Bonchev–Trinajstić information content (AvgIpc) is 2.42. The number of hydrogen-bond donors (Lipinski definition) is 2. The van der Waals surface area contributed by atoms with Crippen LogP contribution in [0.3, 0.4) is 0 Å². The van der Waals surface area contributed by atoms with Gasteiger partial charge in [0.2, 0.25) is 5.91 Å². The molecule has 118 valence electrons. The second-order valence-electron chi connectivity index (χ2n) is 5.53. The molecule has 0 bridgehead atoms. The van der Waals surface area contributed by atoms with Crippen molar-refractivity contribution in [1.82, 2.24) is 10.6 Å². The number of hydrogen-bond acceptors (Lipinski definition) is 3. The number of amides is 1. The standard InChI is InChI=1S/C16H24N2OS.ClH/c1-12-5-3-4-6-14(12)9-13(2)18-16(19)10-15-11-20-8-7-17-15;/h3-6,13,15,17H,7-11H2,1-2H3,(H,18,19);1H. The van der Waals surface area contributed by atoms with Crippen LogP contribution in [0.5, 0.6) is 0 Å². The van der Waals surface area contributed by atoms with Crippen LogP contribution in [0.4, 0.5) is 0 Å². The molecule has 1 aromatic rings. The molecule has 2 unspecified atom stereocenters. The summed E-state index contributed by atoms with van der Waals surface area (Å²) >= 11 is 1.93. The number of carbonyl (C=O) groups is 1. The highest BCUT2D eigenvalue weighted by atomic mass is 35.5. The molecule has 1 aromatic carbocycles. The minimum Gasteiger partial charge on any atom is -0.353 e. The van der Waals surface area contributed by atoms with Crippen molar-refractivity contribution < 1.29 is 4.79 Å². The maximum Gasteiger partial charge on any atom is 0.221 e. The van der Waals surface area contributed by atoms with E-state index in [2.05, 4.69) is 48.7 Å². The summed E-state index contributed by atoms with van der Waals surface area (Å²) in [6.07, 6.45) is 1.48. The molecule has 21 heavy (non-hydrogen) atoms. The highest BCUT2D eigenvalue weighted by Gasteiger charge is 2.17. The van der Waals surface area contributed by atoms with Crippen LogP contribution in [0.2, 0.25) is 0 Å². The van der Waals surface area contributed by atoms with Gasteiger partial charge in [0.15, 0.2) is 0 Å². The number of halogens is 1. The molecule has 1 heterocycles. The van der Waals surface area contributed by atoms with E-state index in [0.717, 1.165) is 24.5 Å². The van der Waals surface area contributed by atoms with Crippen molar-refractivity contribution in [3.63, 3.8) is 0 Å². The molecule has 1 fully saturated rings. The molecule has 1 aliphatic rings. The quantitative estimate of drug-likeness (QED) is 0.873. The van der Waals surface area contributed by atoms with E-state index in [4.69, 9.17) is 0 Å². The van der Waals surface area contributed by atoms with Crippen LogP contribution in [0.1, 0.15) is 24.5 Å². The van der Waals surface area contributed by atoms with Crippen LogP contribution in [-0.4, -0.2) is 36.0 Å². The molecule has 0 saturated carbocycles. The van der Waals surface area contributed by atoms with Crippen LogP contribution >= 0.6 is 24.2 Å². The average molecular weight is 329 g/mol. The molecule has 2 atom stereocenters. The number of nitrogens with one attached hydrogen (secondary N) is 2. The first-order valence-corrected chi connectivity index (χ1v) is 8.45. The molecule has 1 saturated heterocycles. The predicted molar refractivity (Wildman–Crippen MR) is 93.5 cm³/mol. The van der Waals surface area contributed by atoms with Crippen molar-refractivity contribution >= 4 is 30.1 Å². The lowest BCUT2D eigenvalue weighted by Gasteiger charge is -2.23. The normalized spacial score (nSPS) is 19.4. The zero-order chi connectivity index (χ0) is 14.4. The Bertz CT molecular complexity index is 450. The lowest BCUT2D eigenvalue weighted by atomic mass is 10.0. The Hall–Kier alpha value is -0.710. The van der Waals surface area contributed by atoms with E-state index in [0.29, 0.717) is 12.5 Å². The molecule has 5 heteroatoms. The van der Waals surface area contributed by atoms with Gasteiger partial charge in [0.25, 0.3) is 0 Å². The summed E-state index contributed by atoms with van der Waals surface area (Å²) in [5.41, 5.74) is 2.60. The van der Waals surface area contributed by atoms with Crippen molar-refractivity contribution in [1.29, 1.82) is 0 Å². The fourth-order valence-electron chi connectivity index (χ4n) is 2.53. The van der Waals surface area contributed by atoms with Crippen molar-refractivity contribution in [2.75, 3.05) is 18.1 Å². The van der Waals surface area contributed by atoms with Gasteiger partial charge in [-0.2, -0.15) is 11.8 Å². The van der Waals surface area contributed by atoms with E-state index in [1.165, 1.54) is 11.1 Å². The van der Waals surface area contributed by atoms with Gasteiger partial charge >= 0.3 is 0 Å². The minimum absolute atomic E-state index is 0. The Morgan fingerprint density at radius 3 is 2.90 bits per heavy atom. The summed E-state index contributed by atoms with van der Waals surface area (Å²) in [4.78, 5) is 12.0. The fraction of sp³-hybridized carbons (Fsp3) is 0.562. The Kier molecular flexibility index (Phi) is 8.15. The third-order valence-electron chi connectivity index (χ3n) is 3.62. The van der Waals surface area contributed by atoms with E-state index < -0.39 is 0 Å². The van der Waals surface area contributed by atoms with Gasteiger partial charge in [-0.25, -0.2) is 0 Å². The van der Waals surface area contributed by atoms with Gasteiger partial charge in [0.1, 0.15) is 0 Å². The Morgan fingerprint density at radius 2 is 2.24 bits per heavy atom. The van der Waals surface area contributed by atoms with Gasteiger partial charge in [-0.3, -0.25) is 4.79 Å². The van der Waals surface area contributed by atoms with Crippen LogP contribution in [-0.2, 0) is 11.2 Å². The monoisotopic (exact) mass is 328 g/mol. The second-order valence-corrected chi connectivity index (χ2v) is 6.68. The Labute approximate surface area is 138 Å². The number of rotatable bonds is 5. The first kappa shape index (κ1) is 18.3. The Balaban J connectivity index is 0.00000220. The van der Waals surface area contributed by atoms with Gasteiger partial charge in [-0.1, -0.05) is 24.3 Å². The molecule has 2 rings (SSSR count). The first-order valence-electron chi connectivity index (χ1n) is 7.30. The van der Waals surface area contributed by atoms with Crippen molar-refractivity contribution in [2.24, 2.45) is 0 Å². The maximum absolute atomic E-state index is 12.0. The number of thioether (sulfide) groups is 1. The third-order valence-corrected chi connectivity index (χ3v) is 4.76. The van der Waals surface area contributed by atoms with Crippen molar-refractivity contribution in [3.05, 3.63) is 35.4 Å². The van der Waals surface area contributed by atoms with Gasteiger partial charge < -0.3 is 10.6 Å². The molecule has 1 amide bonds. The molecule has 2 N–H and O–H groups in total. The minimum atomic E-state index is 0. The summed E-state index contributed by atoms with van der Waals surface area (Å²) in [7, 11) is 0. The van der Waals surface area contributed by atoms with E-state index in [1.807, 2.05) is 11.8 Å². The van der Waals surface area contributed by atoms with Gasteiger partial charge in [-0.15, -0.1) is 12.4 Å². The fourth-order valence-corrected chi connectivity index (χ4v) is 3.48. The molecule has 0 aromatic heterocycles. The molecule has 0 spiro atoms. The molecular formula is C16H25ClN2OS. The molecular weight excluding hydrogens is 304 g/mol. The van der Waals surface area contributed by atoms with E-state index in [9.17, 15) is 4.79 Å². The van der Waals surface area contributed by atoms with Crippen molar-refractivity contribution in [2.45, 2.75) is 38.8 Å². The summed E-state index contributed by atoms with van der Waals surface area (Å²) in [6, 6.07) is 8.87. The first-order chi connectivity index (χ1) is 9.65. The number of benzene rings is 1. The second kappa shape index (κ2) is 9.34. The molecule has 0 aliphatic carbocycles. The van der Waals surface area contributed by atoms with E-state index in [-0.39, 0.29) is 24.4 Å². The predicted octanol–water partition coefficient (Wildman–Crippen LogP) is 2.56. The number of aryl methyl sites for hydroxylation is 1. The summed E-state index contributed by atoms with van der Waals surface area (Å²) < 4.78 is 0. The zero-order valence-corrected chi connectivity index (χ0v) is 14.4. The zero-order valence-electron chi connectivity index (χ0n) is 12.7. The summed E-state index contributed by atoms with van der Waals surface area (Å²) in [5.74, 6) is 2.35. The highest BCUT2D eigenvalue weighted by molar-refractivity contribution is 7.99. The smallest absolute Gasteiger partial charge is 0.221 e. The van der Waals surface area contributed by atoms with E-state index >= 15 is 0 Å². The van der Waals surface area contributed by atoms with Crippen LogP contribution < -0.4 is 10.6 Å². The van der Waals surface area contributed by atoms with Gasteiger partial charge in [0, 0.05) is 36.6 Å². The Morgan fingerprint density at radius 1 is 1.48 bits per heavy atom. The van der Waals surface area contributed by atoms with Crippen LogP contribution in [0, 0.1) is 6.92 Å². The SMILES string of the molecule is Cc1ccccc1CC(C)NC(=O)CC1CSCCN1.Cl. The van der Waals surface area contributed by atoms with Crippen LogP contribution in [0.15, 0.2) is 24.3 Å². The maximum atomic E-state index is 12.0. The highest BCUT2D eigenvalue weighted by Crippen LogP contribution is 2.12. The molecule has 0 radical (unpaired) electrons. The molecule has 3 nitrogen and oxygen atoms in total. The van der Waals surface area contributed by atoms with Gasteiger partial charge in [0.05, 0.1) is 0 Å². The lowest BCUT2D eigenvalue weighted by molar-refractivity contribution is -0.122. The summed E-state index contributed by atoms with van der Waals surface area (Å²) in [6.45, 7) is 5.21. The topological polar surface area (TPSA) is 41.1 Å². The number of carbonyl (C=O) groups excluding carboxylic acids is 1. The molecule has 1 aliphatic heterocycles. The van der Waals surface area contributed by atoms with E-state index in [1.54, 1.807) is 0 Å². The van der Waals surface area contributed by atoms with Gasteiger partial charge in [-0.05, 0) is 31.4 Å². The lowest BCUT2D eigenvalue weighted by Crippen LogP contribution is -2.43. The largest absolute Gasteiger partial charge is 0.353 e. The summed E-state index contributed by atoms with van der Waals surface area (Å²) in [5, 5.41) is 6.52. The van der Waals surface area contributed by atoms with Crippen LogP contribution in [0.25, 0.3) is 0 Å².